The second-order valence-corrected chi connectivity index (χ2v) is 11.6. The summed E-state index contributed by atoms with van der Waals surface area (Å²) in [6.07, 6.45) is 0. The number of anilines is 1. The van der Waals surface area contributed by atoms with Crippen LogP contribution in [0.25, 0.3) is 0 Å². The molecule has 1 aromatic carbocycles. The summed E-state index contributed by atoms with van der Waals surface area (Å²) in [5.41, 5.74) is 2.99. The SMILES string of the molecule is Cc1ccc(NC(=O)C(C)N2CCN(S(=O)(=O)c3ccc(Br)s3)CC2)c(C)c1. The maximum Gasteiger partial charge on any atom is 0.252 e. The maximum absolute atomic E-state index is 12.7. The standard InChI is InChI=1S/C19H24BrN3O3S2/c1-13-4-5-16(14(2)12-13)21-19(24)15(3)22-8-10-23(11-9-22)28(25,26)18-7-6-17(20)27-18/h4-7,12,15H,8-11H2,1-3H3,(H,21,24). The molecule has 9 heteroatoms. The molecule has 1 atom stereocenters. The van der Waals surface area contributed by atoms with Gasteiger partial charge in [0.15, 0.2) is 0 Å². The van der Waals surface area contributed by atoms with Crippen molar-refractivity contribution in [3.8, 4) is 0 Å². The monoisotopic (exact) mass is 485 g/mol. The van der Waals surface area contributed by atoms with Crippen LogP contribution in [0.15, 0.2) is 38.3 Å². The van der Waals surface area contributed by atoms with Gasteiger partial charge in [-0.1, -0.05) is 17.7 Å². The van der Waals surface area contributed by atoms with Gasteiger partial charge in [0.25, 0.3) is 10.0 Å². The van der Waals surface area contributed by atoms with Crippen LogP contribution < -0.4 is 5.32 Å². The molecule has 1 fully saturated rings. The van der Waals surface area contributed by atoms with Crippen LogP contribution in [-0.4, -0.2) is 55.8 Å². The maximum atomic E-state index is 12.7. The fourth-order valence-electron chi connectivity index (χ4n) is 3.25. The third-order valence-electron chi connectivity index (χ3n) is 4.98. The van der Waals surface area contributed by atoms with Crippen LogP contribution in [0.1, 0.15) is 18.1 Å². The molecule has 1 aromatic heterocycles. The smallest absolute Gasteiger partial charge is 0.252 e. The van der Waals surface area contributed by atoms with Crippen LogP contribution in [0.4, 0.5) is 5.69 Å². The van der Waals surface area contributed by atoms with Crippen molar-refractivity contribution in [1.29, 1.82) is 0 Å². The molecule has 28 heavy (non-hydrogen) atoms. The third-order valence-corrected chi connectivity index (χ3v) is 8.97. The van der Waals surface area contributed by atoms with Gasteiger partial charge in [-0.2, -0.15) is 4.31 Å². The Kier molecular flexibility index (Phi) is 6.61. The average Bonchev–Trinajstić information content (AvgIpc) is 3.10. The first-order valence-corrected chi connectivity index (χ1v) is 12.1. The predicted octanol–water partition coefficient (Wildman–Crippen LogP) is 3.46. The van der Waals surface area contributed by atoms with Gasteiger partial charge in [0.05, 0.1) is 9.83 Å². The number of thiophene rings is 1. The van der Waals surface area contributed by atoms with Gasteiger partial charge in [0.2, 0.25) is 5.91 Å². The minimum Gasteiger partial charge on any atom is -0.324 e. The Morgan fingerprint density at radius 1 is 1.14 bits per heavy atom. The second-order valence-electron chi connectivity index (χ2n) is 6.98. The molecule has 1 saturated heterocycles. The van der Waals surface area contributed by atoms with Gasteiger partial charge in [-0.05, 0) is 60.5 Å². The Balaban J connectivity index is 1.60. The summed E-state index contributed by atoms with van der Waals surface area (Å²) in [6, 6.07) is 8.96. The van der Waals surface area contributed by atoms with E-state index in [2.05, 4.69) is 21.2 Å². The van der Waals surface area contributed by atoms with Crippen LogP contribution in [0.5, 0.6) is 0 Å². The minimum absolute atomic E-state index is 0.0783. The summed E-state index contributed by atoms with van der Waals surface area (Å²) >= 11 is 4.53. The van der Waals surface area contributed by atoms with Crippen LogP contribution in [-0.2, 0) is 14.8 Å². The van der Waals surface area contributed by atoms with Crippen molar-refractivity contribution in [2.75, 3.05) is 31.5 Å². The number of nitrogens with zero attached hydrogens (tertiary/aromatic N) is 2. The molecule has 2 aromatic rings. The lowest BCUT2D eigenvalue weighted by atomic mass is 10.1. The Bertz CT molecular complexity index is 967. The highest BCUT2D eigenvalue weighted by atomic mass is 79.9. The molecule has 1 aliphatic rings. The molecule has 3 rings (SSSR count). The first kappa shape index (κ1) is 21.4. The van der Waals surface area contributed by atoms with Crippen LogP contribution in [0, 0.1) is 13.8 Å². The number of carbonyl (C=O) groups is 1. The number of piperazine rings is 1. The molecule has 6 nitrogen and oxygen atoms in total. The molecular formula is C19H24BrN3O3S2. The molecule has 0 radical (unpaired) electrons. The largest absolute Gasteiger partial charge is 0.324 e. The highest BCUT2D eigenvalue weighted by Gasteiger charge is 2.32. The normalized spacial score (nSPS) is 17.4. The van der Waals surface area contributed by atoms with E-state index in [1.54, 1.807) is 12.1 Å². The van der Waals surface area contributed by atoms with E-state index in [1.807, 2.05) is 43.9 Å². The molecule has 0 aliphatic carbocycles. The van der Waals surface area contributed by atoms with Crippen molar-refractivity contribution in [3.63, 3.8) is 0 Å². The molecule has 0 saturated carbocycles. The number of nitrogens with one attached hydrogen (secondary N) is 1. The van der Waals surface area contributed by atoms with E-state index in [0.717, 1.165) is 20.6 Å². The lowest BCUT2D eigenvalue weighted by Gasteiger charge is -2.36. The highest BCUT2D eigenvalue weighted by molar-refractivity contribution is 9.11. The lowest BCUT2D eigenvalue weighted by Crippen LogP contribution is -2.53. The topological polar surface area (TPSA) is 69.7 Å². The molecule has 0 spiro atoms. The van der Waals surface area contributed by atoms with Gasteiger partial charge in [-0.3, -0.25) is 9.69 Å². The van der Waals surface area contributed by atoms with Gasteiger partial charge in [-0.25, -0.2) is 8.42 Å². The van der Waals surface area contributed by atoms with Crippen molar-refractivity contribution >= 4 is 48.9 Å². The van der Waals surface area contributed by atoms with E-state index >= 15 is 0 Å². The Morgan fingerprint density at radius 3 is 2.39 bits per heavy atom. The number of carbonyl (C=O) groups excluding carboxylic acids is 1. The van der Waals surface area contributed by atoms with Gasteiger partial charge in [-0.15, -0.1) is 11.3 Å². The first-order chi connectivity index (χ1) is 13.2. The molecule has 0 bridgehead atoms. The van der Waals surface area contributed by atoms with E-state index in [0.29, 0.717) is 30.4 Å². The van der Waals surface area contributed by atoms with Crippen LogP contribution in [0.3, 0.4) is 0 Å². The summed E-state index contributed by atoms with van der Waals surface area (Å²) in [5.74, 6) is -0.0783. The van der Waals surface area contributed by atoms with E-state index in [-0.39, 0.29) is 11.9 Å². The number of hydrogen-bond donors (Lipinski definition) is 1. The van der Waals surface area contributed by atoms with Gasteiger partial charge in [0.1, 0.15) is 4.21 Å². The van der Waals surface area contributed by atoms with Gasteiger partial charge < -0.3 is 5.32 Å². The fraction of sp³-hybridized carbons (Fsp3) is 0.421. The third kappa shape index (κ3) is 4.65. The number of halogens is 1. The molecule has 1 N–H and O–H groups in total. The quantitative estimate of drug-likeness (QED) is 0.703. The Morgan fingerprint density at radius 2 is 1.82 bits per heavy atom. The first-order valence-electron chi connectivity index (χ1n) is 9.06. The van der Waals surface area contributed by atoms with Gasteiger partial charge in [0, 0.05) is 31.9 Å². The molecule has 2 heterocycles. The summed E-state index contributed by atoms with van der Waals surface area (Å²) in [7, 11) is -3.47. The lowest BCUT2D eigenvalue weighted by molar-refractivity contribution is -0.121. The van der Waals surface area contributed by atoms with Crippen LogP contribution in [0.2, 0.25) is 0 Å². The zero-order valence-electron chi connectivity index (χ0n) is 16.1. The van der Waals surface area contributed by atoms with Gasteiger partial charge >= 0.3 is 0 Å². The van der Waals surface area contributed by atoms with Crippen molar-refractivity contribution < 1.29 is 13.2 Å². The van der Waals surface area contributed by atoms with E-state index in [4.69, 9.17) is 0 Å². The molecule has 1 aliphatic heterocycles. The molecule has 152 valence electrons. The number of sulfonamides is 1. The van der Waals surface area contributed by atoms with Crippen molar-refractivity contribution in [2.24, 2.45) is 0 Å². The number of rotatable bonds is 5. The van der Waals surface area contributed by atoms with Crippen molar-refractivity contribution in [3.05, 3.63) is 45.2 Å². The number of amides is 1. The minimum atomic E-state index is -3.47. The van der Waals surface area contributed by atoms with Crippen LogP contribution >= 0.6 is 27.3 Å². The molecule has 1 unspecified atom stereocenters. The molecular weight excluding hydrogens is 462 g/mol. The number of hydrogen-bond acceptors (Lipinski definition) is 5. The van der Waals surface area contributed by atoms with Crippen molar-refractivity contribution in [1.82, 2.24) is 9.21 Å². The zero-order valence-corrected chi connectivity index (χ0v) is 19.3. The summed E-state index contributed by atoms with van der Waals surface area (Å²) < 4.78 is 28.1. The Labute approximate surface area is 178 Å². The van der Waals surface area contributed by atoms with Crippen molar-refractivity contribution in [2.45, 2.75) is 31.0 Å². The second kappa shape index (κ2) is 8.62. The fourth-order valence-corrected chi connectivity index (χ4v) is 6.84. The van der Waals surface area contributed by atoms with E-state index in [1.165, 1.54) is 15.6 Å². The van der Waals surface area contributed by atoms with E-state index in [9.17, 15) is 13.2 Å². The number of aryl methyl sites for hydroxylation is 2. The summed E-state index contributed by atoms with van der Waals surface area (Å²) in [5, 5.41) is 2.99. The summed E-state index contributed by atoms with van der Waals surface area (Å²) in [6.45, 7) is 7.64. The Hall–Kier alpha value is -1.26. The van der Waals surface area contributed by atoms with E-state index < -0.39 is 10.0 Å². The molecule has 1 amide bonds. The predicted molar refractivity (Wildman–Crippen MR) is 116 cm³/mol. The highest BCUT2D eigenvalue weighted by Crippen LogP contribution is 2.29. The number of benzene rings is 1. The average molecular weight is 486 g/mol. The zero-order chi connectivity index (χ0) is 20.5. The summed E-state index contributed by atoms with van der Waals surface area (Å²) in [4.78, 5) is 14.7.